The highest BCUT2D eigenvalue weighted by molar-refractivity contribution is 5.19. The number of aliphatic hydroxyl groups is 2. The second kappa shape index (κ2) is 5.43. The molecule has 0 amide bonds. The number of hydrogen-bond donors (Lipinski definition) is 2. The van der Waals surface area contributed by atoms with Gasteiger partial charge in [0.05, 0.1) is 0 Å². The lowest BCUT2D eigenvalue weighted by Gasteiger charge is -2.02. The molecule has 2 heteroatoms. The van der Waals surface area contributed by atoms with Gasteiger partial charge in [-0.05, 0) is 12.5 Å². The van der Waals surface area contributed by atoms with Gasteiger partial charge in [-0.2, -0.15) is 0 Å². The highest BCUT2D eigenvalue weighted by Crippen LogP contribution is 2.02. The summed E-state index contributed by atoms with van der Waals surface area (Å²) < 4.78 is 0. The average molecular weight is 190 g/mol. The molecule has 74 valence electrons. The molecule has 14 heavy (non-hydrogen) atoms. The van der Waals surface area contributed by atoms with Crippen molar-refractivity contribution >= 4 is 0 Å². The quantitative estimate of drug-likeness (QED) is 0.682. The van der Waals surface area contributed by atoms with Crippen LogP contribution >= 0.6 is 0 Å². The third kappa shape index (κ3) is 4.08. The molecule has 2 unspecified atom stereocenters. The van der Waals surface area contributed by atoms with Crippen molar-refractivity contribution < 1.29 is 10.2 Å². The number of aliphatic hydroxyl groups excluding tert-OH is 2. The van der Waals surface area contributed by atoms with E-state index in [2.05, 4.69) is 11.8 Å². The van der Waals surface area contributed by atoms with Gasteiger partial charge in [-0.1, -0.05) is 42.2 Å². The summed E-state index contributed by atoms with van der Waals surface area (Å²) in [6.07, 6.45) is -0.881. The fraction of sp³-hybridized carbons (Fsp3) is 0.333. The molecule has 0 radical (unpaired) electrons. The van der Waals surface area contributed by atoms with E-state index < -0.39 is 12.2 Å². The van der Waals surface area contributed by atoms with Crippen molar-refractivity contribution in [2.24, 2.45) is 0 Å². The molecule has 2 nitrogen and oxygen atoms in total. The Morgan fingerprint density at radius 3 is 2.36 bits per heavy atom. The van der Waals surface area contributed by atoms with Crippen molar-refractivity contribution in [3.05, 3.63) is 35.9 Å². The van der Waals surface area contributed by atoms with E-state index in [1.165, 1.54) is 0 Å². The normalized spacial score (nSPS) is 13.9. The van der Waals surface area contributed by atoms with Crippen LogP contribution in [0.1, 0.15) is 12.5 Å². The molecular weight excluding hydrogens is 176 g/mol. The Morgan fingerprint density at radius 2 is 1.79 bits per heavy atom. The minimum atomic E-state index is -0.702. The first-order valence-corrected chi connectivity index (χ1v) is 4.59. The van der Waals surface area contributed by atoms with Gasteiger partial charge in [0.25, 0.3) is 0 Å². The summed E-state index contributed by atoms with van der Waals surface area (Å²) in [6.45, 7) is 1.57. The molecule has 0 bridgehead atoms. The van der Waals surface area contributed by atoms with E-state index in [1.54, 1.807) is 6.92 Å². The molecule has 1 aromatic carbocycles. The molecule has 2 atom stereocenters. The van der Waals surface area contributed by atoms with Crippen LogP contribution in [0.5, 0.6) is 0 Å². The van der Waals surface area contributed by atoms with Crippen LogP contribution in [0.2, 0.25) is 0 Å². The summed E-state index contributed by atoms with van der Waals surface area (Å²) >= 11 is 0. The van der Waals surface area contributed by atoms with Gasteiger partial charge in [-0.3, -0.25) is 0 Å². The van der Waals surface area contributed by atoms with E-state index in [4.69, 9.17) is 5.11 Å². The van der Waals surface area contributed by atoms with E-state index in [0.29, 0.717) is 6.42 Å². The van der Waals surface area contributed by atoms with Crippen molar-refractivity contribution in [1.29, 1.82) is 0 Å². The third-order valence-electron chi connectivity index (χ3n) is 1.73. The Kier molecular flexibility index (Phi) is 4.18. The highest BCUT2D eigenvalue weighted by atomic mass is 16.3. The molecule has 1 aromatic rings. The van der Waals surface area contributed by atoms with Gasteiger partial charge in [-0.15, -0.1) is 0 Å². The summed E-state index contributed by atoms with van der Waals surface area (Å²) in [6, 6.07) is 9.65. The van der Waals surface area contributed by atoms with Gasteiger partial charge in [0, 0.05) is 6.42 Å². The summed E-state index contributed by atoms with van der Waals surface area (Å²) in [5, 5.41) is 18.3. The maximum atomic E-state index is 9.47. The van der Waals surface area contributed by atoms with E-state index in [9.17, 15) is 5.11 Å². The minimum absolute atomic E-state index is 0.501. The second-order valence-electron chi connectivity index (χ2n) is 3.17. The molecule has 0 aliphatic carbocycles. The number of benzene rings is 1. The van der Waals surface area contributed by atoms with Crippen LogP contribution < -0.4 is 0 Å². The third-order valence-corrected chi connectivity index (χ3v) is 1.73. The smallest absolute Gasteiger partial charge is 0.118 e. The lowest BCUT2D eigenvalue weighted by molar-refractivity contribution is 0.229. The van der Waals surface area contributed by atoms with Crippen LogP contribution in [0.25, 0.3) is 0 Å². The molecule has 0 aromatic heterocycles. The van der Waals surface area contributed by atoms with E-state index >= 15 is 0 Å². The Balaban J connectivity index is 2.51. The first-order valence-electron chi connectivity index (χ1n) is 4.59. The first-order chi connectivity index (χ1) is 6.68. The van der Waals surface area contributed by atoms with Crippen molar-refractivity contribution in [3.63, 3.8) is 0 Å². The summed E-state index contributed by atoms with van der Waals surface area (Å²) in [5.74, 6) is 5.11. The largest absolute Gasteiger partial charge is 0.381 e. The Hall–Kier alpha value is -1.30. The lowest BCUT2D eigenvalue weighted by atomic mass is 10.1. The van der Waals surface area contributed by atoms with Gasteiger partial charge < -0.3 is 10.2 Å². The van der Waals surface area contributed by atoms with Gasteiger partial charge >= 0.3 is 0 Å². The Morgan fingerprint density at radius 1 is 1.14 bits per heavy atom. The predicted octanol–water partition coefficient (Wildman–Crippen LogP) is 0.974. The van der Waals surface area contributed by atoms with E-state index in [-0.39, 0.29) is 0 Å². The second-order valence-corrected chi connectivity index (χ2v) is 3.17. The Bertz CT molecular complexity index is 319. The van der Waals surface area contributed by atoms with Crippen molar-refractivity contribution in [3.8, 4) is 11.8 Å². The lowest BCUT2D eigenvalue weighted by Crippen LogP contribution is -2.08. The Labute approximate surface area is 84.2 Å². The molecular formula is C12H14O2. The SMILES string of the molecule is CC(O)C#CC(O)Cc1ccccc1. The van der Waals surface area contributed by atoms with Gasteiger partial charge in [-0.25, -0.2) is 0 Å². The van der Waals surface area contributed by atoms with Gasteiger partial charge in [0.2, 0.25) is 0 Å². The van der Waals surface area contributed by atoms with Crippen LogP contribution in [-0.2, 0) is 6.42 Å². The van der Waals surface area contributed by atoms with Gasteiger partial charge in [0.15, 0.2) is 0 Å². The predicted molar refractivity (Wildman–Crippen MR) is 55.6 cm³/mol. The highest BCUT2D eigenvalue weighted by Gasteiger charge is 2.00. The van der Waals surface area contributed by atoms with Crippen LogP contribution in [0, 0.1) is 11.8 Å². The van der Waals surface area contributed by atoms with Gasteiger partial charge in [0.1, 0.15) is 12.2 Å². The van der Waals surface area contributed by atoms with Crippen molar-refractivity contribution in [2.45, 2.75) is 25.6 Å². The number of hydrogen-bond acceptors (Lipinski definition) is 2. The molecule has 1 rings (SSSR count). The number of rotatable bonds is 2. The van der Waals surface area contributed by atoms with Crippen LogP contribution in [0.15, 0.2) is 30.3 Å². The minimum Gasteiger partial charge on any atom is -0.381 e. The zero-order chi connectivity index (χ0) is 10.4. The summed E-state index contributed by atoms with van der Waals surface area (Å²) in [4.78, 5) is 0. The monoisotopic (exact) mass is 190 g/mol. The average Bonchev–Trinajstić information content (AvgIpc) is 2.16. The van der Waals surface area contributed by atoms with Crippen molar-refractivity contribution in [1.82, 2.24) is 0 Å². The fourth-order valence-corrected chi connectivity index (χ4v) is 1.11. The van der Waals surface area contributed by atoms with E-state index in [0.717, 1.165) is 5.56 Å². The topological polar surface area (TPSA) is 40.5 Å². The molecule has 0 aliphatic heterocycles. The molecule has 0 aliphatic rings. The zero-order valence-corrected chi connectivity index (χ0v) is 8.14. The molecule has 0 heterocycles. The standard InChI is InChI=1S/C12H14O2/c1-10(13)7-8-12(14)9-11-5-3-2-4-6-11/h2-6,10,12-14H,9H2,1H3. The molecule has 0 spiro atoms. The summed E-state index contributed by atoms with van der Waals surface area (Å²) in [7, 11) is 0. The van der Waals surface area contributed by atoms with Crippen LogP contribution in [0.3, 0.4) is 0 Å². The van der Waals surface area contributed by atoms with Crippen LogP contribution in [-0.4, -0.2) is 22.4 Å². The molecule has 0 saturated carbocycles. The van der Waals surface area contributed by atoms with E-state index in [1.807, 2.05) is 30.3 Å². The fourth-order valence-electron chi connectivity index (χ4n) is 1.11. The first kappa shape index (κ1) is 10.8. The maximum Gasteiger partial charge on any atom is 0.118 e. The summed E-state index contributed by atoms with van der Waals surface area (Å²) in [5.41, 5.74) is 1.04. The molecule has 0 saturated heterocycles. The molecule has 2 N–H and O–H groups in total. The maximum absolute atomic E-state index is 9.47. The van der Waals surface area contributed by atoms with Crippen molar-refractivity contribution in [2.75, 3.05) is 0 Å². The molecule has 0 fully saturated rings. The van der Waals surface area contributed by atoms with Crippen LogP contribution in [0.4, 0.5) is 0 Å². The zero-order valence-electron chi connectivity index (χ0n) is 8.14.